The number of aryl methyl sites for hydroxylation is 1. The van der Waals surface area contributed by atoms with Crippen LogP contribution in [0, 0.1) is 6.92 Å². The van der Waals surface area contributed by atoms with Crippen LogP contribution in [0.4, 0.5) is 13.2 Å². The van der Waals surface area contributed by atoms with Gasteiger partial charge >= 0.3 is 11.0 Å². The Kier molecular flexibility index (Phi) is 6.11. The highest BCUT2D eigenvalue weighted by Crippen LogP contribution is 2.29. The fourth-order valence-corrected chi connectivity index (χ4v) is 3.97. The fourth-order valence-electron chi connectivity index (χ4n) is 3.21. The van der Waals surface area contributed by atoms with Crippen molar-refractivity contribution in [1.29, 1.82) is 0 Å². The van der Waals surface area contributed by atoms with Crippen molar-refractivity contribution >= 4 is 23.2 Å². The van der Waals surface area contributed by atoms with Crippen LogP contribution in [0.5, 0.6) is 0 Å². The molecule has 0 spiro atoms. The van der Waals surface area contributed by atoms with Crippen LogP contribution in [0.15, 0.2) is 34.4 Å². The van der Waals surface area contributed by atoms with E-state index in [1.807, 2.05) is 0 Å². The molecule has 29 heavy (non-hydrogen) atoms. The fraction of sp³-hybridized carbons (Fsp3) is 0.421. The average molecular weight is 427 g/mol. The third-order valence-electron chi connectivity index (χ3n) is 4.88. The summed E-state index contributed by atoms with van der Waals surface area (Å²) in [6.07, 6.45) is -4.33. The number of hydrogen-bond acceptors (Lipinski definition) is 4. The molecule has 1 fully saturated rings. The smallest absolute Gasteiger partial charge is 0.339 e. The molecule has 1 saturated heterocycles. The molecule has 3 rings (SSSR count). The number of benzene rings is 1. The zero-order chi connectivity index (χ0) is 21.2. The second kappa shape index (κ2) is 8.40. The maximum absolute atomic E-state index is 12.8. The lowest BCUT2D eigenvalue weighted by Gasteiger charge is -2.35. The zero-order valence-electron chi connectivity index (χ0n) is 15.7. The first kappa shape index (κ1) is 21.1. The molecule has 0 aliphatic carbocycles. The van der Waals surface area contributed by atoms with Crippen LogP contribution in [-0.2, 0) is 17.5 Å². The summed E-state index contributed by atoms with van der Waals surface area (Å²) in [7, 11) is 0. The maximum Gasteiger partial charge on any atom is 0.416 e. The van der Waals surface area contributed by atoms with Gasteiger partial charge in [0, 0.05) is 55.8 Å². The van der Waals surface area contributed by atoms with Gasteiger partial charge in [0.05, 0.1) is 5.56 Å². The number of carbonyl (C=O) groups excluding carboxylic acids is 2. The Labute approximate surface area is 169 Å². The summed E-state index contributed by atoms with van der Waals surface area (Å²) >= 11 is 1.09. The lowest BCUT2D eigenvalue weighted by atomic mass is 10.1. The number of alkyl halides is 3. The minimum absolute atomic E-state index is 0.0214. The Morgan fingerprint density at radius 1 is 1.10 bits per heavy atom. The van der Waals surface area contributed by atoms with Crippen LogP contribution in [0.2, 0.25) is 0 Å². The molecule has 6 nitrogen and oxygen atoms in total. The molecule has 0 unspecified atom stereocenters. The normalized spacial score (nSPS) is 14.9. The first-order valence-corrected chi connectivity index (χ1v) is 9.94. The van der Waals surface area contributed by atoms with Crippen LogP contribution in [-0.4, -0.2) is 52.4 Å². The van der Waals surface area contributed by atoms with Crippen LogP contribution in [0.25, 0.3) is 0 Å². The molecule has 2 heterocycles. The molecule has 0 atom stereocenters. The van der Waals surface area contributed by atoms with Gasteiger partial charge in [-0.1, -0.05) is 17.4 Å². The molecule has 156 valence electrons. The molecule has 2 aromatic rings. The van der Waals surface area contributed by atoms with E-state index in [9.17, 15) is 27.6 Å². The number of piperazine rings is 1. The molecule has 1 aliphatic heterocycles. The van der Waals surface area contributed by atoms with Crippen LogP contribution < -0.4 is 4.87 Å². The Morgan fingerprint density at radius 3 is 2.34 bits per heavy atom. The van der Waals surface area contributed by atoms with E-state index in [-0.39, 0.29) is 35.9 Å². The zero-order valence-corrected chi connectivity index (χ0v) is 16.6. The number of amides is 2. The Bertz CT molecular complexity index is 959. The summed E-state index contributed by atoms with van der Waals surface area (Å²) in [6, 6.07) is 4.34. The second-order valence-corrected chi connectivity index (χ2v) is 7.62. The first-order chi connectivity index (χ1) is 13.7. The monoisotopic (exact) mass is 427 g/mol. The highest BCUT2D eigenvalue weighted by molar-refractivity contribution is 7.07. The SMILES string of the molecule is Cc1csc(=O)n1CCC(=O)N1CCN(C(=O)c2cccc(C(F)(F)F)c2)CC1. The van der Waals surface area contributed by atoms with Crippen molar-refractivity contribution in [3.05, 3.63) is 56.1 Å². The minimum Gasteiger partial charge on any atom is -0.339 e. The van der Waals surface area contributed by atoms with Gasteiger partial charge in [-0.25, -0.2) is 0 Å². The average Bonchev–Trinajstić information content (AvgIpc) is 3.02. The van der Waals surface area contributed by atoms with Gasteiger partial charge < -0.3 is 14.4 Å². The number of carbonyl (C=O) groups is 2. The van der Waals surface area contributed by atoms with Crippen molar-refractivity contribution in [2.75, 3.05) is 26.2 Å². The van der Waals surface area contributed by atoms with Crippen molar-refractivity contribution in [3.8, 4) is 0 Å². The molecular formula is C19H20F3N3O3S. The molecular weight excluding hydrogens is 407 g/mol. The summed E-state index contributed by atoms with van der Waals surface area (Å²) in [6.45, 7) is 3.22. The molecule has 0 radical (unpaired) electrons. The summed E-state index contributed by atoms with van der Waals surface area (Å²) in [5.41, 5.74) is -0.0765. The molecule has 0 N–H and O–H groups in total. The number of nitrogens with zero attached hydrogens (tertiary/aromatic N) is 3. The van der Waals surface area contributed by atoms with Crippen molar-refractivity contribution in [2.24, 2.45) is 0 Å². The quantitative estimate of drug-likeness (QED) is 0.754. The predicted molar refractivity (Wildman–Crippen MR) is 102 cm³/mol. The van der Waals surface area contributed by atoms with Gasteiger partial charge in [-0.05, 0) is 25.1 Å². The van der Waals surface area contributed by atoms with Gasteiger partial charge in [-0.15, -0.1) is 0 Å². The topological polar surface area (TPSA) is 62.6 Å². The van der Waals surface area contributed by atoms with Crippen molar-refractivity contribution in [2.45, 2.75) is 26.1 Å². The van der Waals surface area contributed by atoms with Crippen LogP contribution in [0.1, 0.15) is 28.0 Å². The van der Waals surface area contributed by atoms with Gasteiger partial charge in [0.2, 0.25) is 5.91 Å². The number of hydrogen-bond donors (Lipinski definition) is 0. The van der Waals surface area contributed by atoms with E-state index in [0.29, 0.717) is 19.6 Å². The summed E-state index contributed by atoms with van der Waals surface area (Å²) in [5.74, 6) is -0.600. The van der Waals surface area contributed by atoms with Gasteiger partial charge in [0.15, 0.2) is 0 Å². The van der Waals surface area contributed by atoms with E-state index in [0.717, 1.165) is 29.2 Å². The van der Waals surface area contributed by atoms with Crippen molar-refractivity contribution in [1.82, 2.24) is 14.4 Å². The third-order valence-corrected chi connectivity index (χ3v) is 5.76. The lowest BCUT2D eigenvalue weighted by Crippen LogP contribution is -2.50. The standard InChI is InChI=1S/C19H20F3N3O3S/c1-13-12-29-18(28)25(13)6-5-16(26)23-7-9-24(10-8-23)17(27)14-3-2-4-15(11-14)19(20,21)22/h2-4,11-12H,5-10H2,1H3. The Hall–Kier alpha value is -2.62. The van der Waals surface area contributed by atoms with Gasteiger partial charge in [-0.2, -0.15) is 13.2 Å². The van der Waals surface area contributed by atoms with Crippen LogP contribution >= 0.6 is 11.3 Å². The largest absolute Gasteiger partial charge is 0.416 e. The Balaban J connectivity index is 1.55. The molecule has 10 heteroatoms. The van der Waals surface area contributed by atoms with E-state index in [1.54, 1.807) is 21.8 Å². The molecule has 1 aromatic carbocycles. The maximum atomic E-state index is 12.8. The third kappa shape index (κ3) is 4.87. The summed E-state index contributed by atoms with van der Waals surface area (Å²) < 4.78 is 40.1. The molecule has 0 saturated carbocycles. The highest BCUT2D eigenvalue weighted by Gasteiger charge is 2.32. The minimum atomic E-state index is -4.51. The van der Waals surface area contributed by atoms with Gasteiger partial charge in [0.1, 0.15) is 0 Å². The first-order valence-electron chi connectivity index (χ1n) is 9.06. The summed E-state index contributed by atoms with van der Waals surface area (Å²) in [5, 5.41) is 1.74. The second-order valence-electron chi connectivity index (χ2n) is 6.80. The van der Waals surface area contributed by atoms with Crippen molar-refractivity contribution in [3.63, 3.8) is 0 Å². The highest BCUT2D eigenvalue weighted by atomic mass is 32.1. The summed E-state index contributed by atoms with van der Waals surface area (Å²) in [4.78, 5) is 39.6. The van der Waals surface area contributed by atoms with E-state index in [4.69, 9.17) is 0 Å². The lowest BCUT2D eigenvalue weighted by molar-refractivity contribution is -0.137. The number of thiazole rings is 1. The van der Waals surface area contributed by atoms with Crippen molar-refractivity contribution < 1.29 is 22.8 Å². The van der Waals surface area contributed by atoms with Gasteiger partial charge in [0.25, 0.3) is 5.91 Å². The van der Waals surface area contributed by atoms with Crippen LogP contribution in [0.3, 0.4) is 0 Å². The number of halogens is 3. The number of aromatic nitrogens is 1. The van der Waals surface area contributed by atoms with E-state index in [1.165, 1.54) is 17.0 Å². The number of rotatable bonds is 4. The van der Waals surface area contributed by atoms with Gasteiger partial charge in [-0.3, -0.25) is 14.4 Å². The van der Waals surface area contributed by atoms with E-state index in [2.05, 4.69) is 0 Å². The molecule has 1 aromatic heterocycles. The Morgan fingerprint density at radius 2 is 1.76 bits per heavy atom. The molecule has 0 bridgehead atoms. The van der Waals surface area contributed by atoms with E-state index >= 15 is 0 Å². The molecule has 1 aliphatic rings. The predicted octanol–water partition coefficient (Wildman–Crippen LogP) is 2.61. The van der Waals surface area contributed by atoms with E-state index < -0.39 is 17.6 Å². The molecule has 2 amide bonds.